The van der Waals surface area contributed by atoms with Crippen LogP contribution in [0.4, 0.5) is 0 Å². The fourth-order valence-corrected chi connectivity index (χ4v) is 4.00. The minimum Gasteiger partial charge on any atom is -0.497 e. The molecule has 0 unspecified atom stereocenters. The minimum absolute atomic E-state index is 0.0789. The standard InChI is InChI=1S/C26H32N4O7/c1-6-37-24(33)14-30-25-20(16(3)15(2)7-21(25)29-26(30)34)11-22(31)28-13-23(32)27-12-17-8-18(35-4)10-19(9-17)36-5/h7-10H,6,11-14H2,1-5H3,(H,27,32)(H,28,31)(H,29,34). The normalized spacial score (nSPS) is 10.7. The number of H-pyrrole nitrogens is 1. The van der Waals surface area contributed by atoms with Crippen LogP contribution in [0, 0.1) is 13.8 Å². The average molecular weight is 513 g/mol. The van der Waals surface area contributed by atoms with Gasteiger partial charge >= 0.3 is 11.7 Å². The summed E-state index contributed by atoms with van der Waals surface area (Å²) in [6, 6.07) is 7.09. The van der Waals surface area contributed by atoms with E-state index in [0.717, 1.165) is 16.7 Å². The second kappa shape index (κ2) is 12.1. The number of amides is 2. The molecule has 0 saturated carbocycles. The molecule has 0 aliphatic heterocycles. The largest absolute Gasteiger partial charge is 0.497 e. The van der Waals surface area contributed by atoms with Gasteiger partial charge in [-0.2, -0.15) is 0 Å². The monoisotopic (exact) mass is 512 g/mol. The summed E-state index contributed by atoms with van der Waals surface area (Å²) in [6.07, 6.45) is -0.0789. The lowest BCUT2D eigenvalue weighted by molar-refractivity contribution is -0.143. The first-order valence-corrected chi connectivity index (χ1v) is 11.8. The Morgan fingerprint density at radius 1 is 0.973 bits per heavy atom. The molecule has 0 bridgehead atoms. The molecule has 0 fully saturated rings. The van der Waals surface area contributed by atoms with Crippen molar-refractivity contribution in [1.29, 1.82) is 0 Å². The Balaban J connectivity index is 1.69. The van der Waals surface area contributed by atoms with Gasteiger partial charge in [0.1, 0.15) is 18.0 Å². The second-order valence-electron chi connectivity index (χ2n) is 8.47. The van der Waals surface area contributed by atoms with Crippen molar-refractivity contribution in [2.24, 2.45) is 0 Å². The number of aromatic nitrogens is 2. The lowest BCUT2D eigenvalue weighted by Crippen LogP contribution is -2.37. The first-order chi connectivity index (χ1) is 17.7. The van der Waals surface area contributed by atoms with Gasteiger partial charge in [-0.05, 0) is 61.2 Å². The Bertz CT molecular complexity index is 1350. The summed E-state index contributed by atoms with van der Waals surface area (Å²) in [5, 5.41) is 5.37. The fraction of sp³-hybridized carbons (Fsp3) is 0.385. The van der Waals surface area contributed by atoms with Gasteiger partial charge in [0.25, 0.3) is 0 Å². The number of fused-ring (bicyclic) bond motifs is 1. The van der Waals surface area contributed by atoms with Crippen LogP contribution in [-0.4, -0.2) is 54.7 Å². The van der Waals surface area contributed by atoms with E-state index in [9.17, 15) is 19.2 Å². The molecule has 0 radical (unpaired) electrons. The number of rotatable bonds is 11. The van der Waals surface area contributed by atoms with Crippen molar-refractivity contribution in [2.75, 3.05) is 27.4 Å². The van der Waals surface area contributed by atoms with Crippen molar-refractivity contribution < 1.29 is 28.6 Å². The third kappa shape index (κ3) is 6.69. The van der Waals surface area contributed by atoms with Gasteiger partial charge in [-0.3, -0.25) is 19.0 Å². The molecule has 3 rings (SSSR count). The zero-order valence-corrected chi connectivity index (χ0v) is 21.6. The molecule has 11 nitrogen and oxygen atoms in total. The van der Waals surface area contributed by atoms with E-state index in [1.807, 2.05) is 13.8 Å². The molecule has 1 aromatic heterocycles. The van der Waals surface area contributed by atoms with Gasteiger partial charge in [0.2, 0.25) is 11.8 Å². The van der Waals surface area contributed by atoms with E-state index >= 15 is 0 Å². The molecule has 2 aromatic carbocycles. The van der Waals surface area contributed by atoms with Gasteiger partial charge in [0.15, 0.2) is 0 Å². The highest BCUT2D eigenvalue weighted by atomic mass is 16.5. The molecular formula is C26H32N4O7. The fourth-order valence-electron chi connectivity index (χ4n) is 4.00. The van der Waals surface area contributed by atoms with Crippen LogP contribution < -0.4 is 25.8 Å². The molecule has 0 saturated heterocycles. The summed E-state index contributed by atoms with van der Waals surface area (Å²) < 4.78 is 16.7. The third-order valence-electron chi connectivity index (χ3n) is 5.98. The summed E-state index contributed by atoms with van der Waals surface area (Å²) in [6.45, 7) is 5.32. The van der Waals surface area contributed by atoms with Crippen LogP contribution >= 0.6 is 0 Å². The summed E-state index contributed by atoms with van der Waals surface area (Å²) >= 11 is 0. The van der Waals surface area contributed by atoms with E-state index in [1.54, 1.807) is 45.4 Å². The quantitative estimate of drug-likeness (QED) is 0.331. The van der Waals surface area contributed by atoms with Gasteiger partial charge in [-0.1, -0.05) is 0 Å². The number of carbonyl (C=O) groups excluding carboxylic acids is 3. The van der Waals surface area contributed by atoms with E-state index in [2.05, 4.69) is 15.6 Å². The highest BCUT2D eigenvalue weighted by Gasteiger charge is 2.20. The topological polar surface area (TPSA) is 141 Å². The summed E-state index contributed by atoms with van der Waals surface area (Å²) in [5.41, 5.74) is 3.59. The van der Waals surface area contributed by atoms with Crippen molar-refractivity contribution >= 4 is 28.8 Å². The molecule has 0 spiro atoms. The van der Waals surface area contributed by atoms with Crippen LogP contribution in [0.3, 0.4) is 0 Å². The number of nitrogens with zero attached hydrogens (tertiary/aromatic N) is 1. The van der Waals surface area contributed by atoms with Crippen LogP contribution in [0.5, 0.6) is 11.5 Å². The van der Waals surface area contributed by atoms with Gasteiger partial charge in [0, 0.05) is 12.6 Å². The Hall–Kier alpha value is -4.28. The maximum Gasteiger partial charge on any atom is 0.327 e. The van der Waals surface area contributed by atoms with Crippen molar-refractivity contribution in [3.63, 3.8) is 0 Å². The SMILES string of the molecule is CCOC(=O)Cn1c(=O)[nH]c2cc(C)c(C)c(CC(=O)NCC(=O)NCc3cc(OC)cc(OC)c3)c21. The highest BCUT2D eigenvalue weighted by Crippen LogP contribution is 2.25. The third-order valence-corrected chi connectivity index (χ3v) is 5.98. The number of carbonyl (C=O) groups is 3. The Kier molecular flexibility index (Phi) is 8.94. The summed E-state index contributed by atoms with van der Waals surface area (Å²) in [5.74, 6) is -0.123. The maximum atomic E-state index is 12.8. The number of benzene rings is 2. The lowest BCUT2D eigenvalue weighted by atomic mass is 9.98. The van der Waals surface area contributed by atoms with Crippen molar-refractivity contribution in [2.45, 2.75) is 40.3 Å². The molecule has 2 amide bonds. The molecule has 3 aromatic rings. The van der Waals surface area contributed by atoms with Crippen LogP contribution in [-0.2, 0) is 38.6 Å². The molecule has 1 heterocycles. The second-order valence-corrected chi connectivity index (χ2v) is 8.47. The number of methoxy groups -OCH3 is 2. The summed E-state index contributed by atoms with van der Waals surface area (Å²) in [4.78, 5) is 52.5. The highest BCUT2D eigenvalue weighted by molar-refractivity contribution is 5.90. The number of esters is 1. The summed E-state index contributed by atoms with van der Waals surface area (Å²) in [7, 11) is 3.08. The zero-order valence-electron chi connectivity index (χ0n) is 21.6. The Morgan fingerprint density at radius 3 is 2.27 bits per heavy atom. The van der Waals surface area contributed by atoms with E-state index in [1.165, 1.54) is 4.57 Å². The van der Waals surface area contributed by atoms with Crippen LogP contribution in [0.15, 0.2) is 29.1 Å². The van der Waals surface area contributed by atoms with Crippen LogP contribution in [0.25, 0.3) is 11.0 Å². The molecule has 3 N–H and O–H groups in total. The maximum absolute atomic E-state index is 12.8. The lowest BCUT2D eigenvalue weighted by Gasteiger charge is -2.14. The van der Waals surface area contributed by atoms with Gasteiger partial charge < -0.3 is 29.8 Å². The van der Waals surface area contributed by atoms with Crippen molar-refractivity contribution in [3.05, 3.63) is 57.0 Å². The first kappa shape index (κ1) is 27.3. The van der Waals surface area contributed by atoms with E-state index in [0.29, 0.717) is 28.1 Å². The Labute approximate surface area is 214 Å². The van der Waals surface area contributed by atoms with E-state index in [4.69, 9.17) is 14.2 Å². The first-order valence-electron chi connectivity index (χ1n) is 11.8. The van der Waals surface area contributed by atoms with Gasteiger partial charge in [-0.15, -0.1) is 0 Å². The predicted molar refractivity (Wildman–Crippen MR) is 137 cm³/mol. The molecule has 11 heteroatoms. The number of nitrogens with one attached hydrogen (secondary N) is 3. The number of aryl methyl sites for hydroxylation is 1. The number of ether oxygens (including phenoxy) is 3. The molecular weight excluding hydrogens is 480 g/mol. The number of imidazole rings is 1. The molecule has 0 atom stereocenters. The van der Waals surface area contributed by atoms with E-state index in [-0.39, 0.29) is 38.6 Å². The molecule has 37 heavy (non-hydrogen) atoms. The smallest absolute Gasteiger partial charge is 0.327 e. The van der Waals surface area contributed by atoms with Crippen LogP contribution in [0.1, 0.15) is 29.2 Å². The predicted octanol–water partition coefficient (Wildman–Crippen LogP) is 1.50. The molecule has 0 aliphatic rings. The molecule has 0 aliphatic carbocycles. The average Bonchev–Trinajstić information content (AvgIpc) is 3.17. The van der Waals surface area contributed by atoms with Crippen molar-refractivity contribution in [3.8, 4) is 11.5 Å². The number of hydrogen-bond donors (Lipinski definition) is 3. The van der Waals surface area contributed by atoms with Crippen LogP contribution in [0.2, 0.25) is 0 Å². The van der Waals surface area contributed by atoms with Crippen molar-refractivity contribution in [1.82, 2.24) is 20.2 Å². The van der Waals surface area contributed by atoms with Gasteiger partial charge in [-0.25, -0.2) is 4.79 Å². The minimum atomic E-state index is -0.551. The molecule has 198 valence electrons. The number of hydrogen-bond acceptors (Lipinski definition) is 7. The zero-order chi connectivity index (χ0) is 27.1. The Morgan fingerprint density at radius 2 is 1.65 bits per heavy atom. The number of aromatic amines is 1. The van der Waals surface area contributed by atoms with E-state index < -0.39 is 17.6 Å². The van der Waals surface area contributed by atoms with Gasteiger partial charge in [0.05, 0.1) is 44.8 Å².